The maximum Gasteiger partial charge on any atom is 0.207 e. The smallest absolute Gasteiger partial charge is 0.207 e. The van der Waals surface area contributed by atoms with Gasteiger partial charge in [0, 0.05) is 40.2 Å². The van der Waals surface area contributed by atoms with Crippen molar-refractivity contribution in [2.24, 2.45) is 5.92 Å². The summed E-state index contributed by atoms with van der Waals surface area (Å²) in [5, 5.41) is 44.3. The van der Waals surface area contributed by atoms with Gasteiger partial charge in [-0.2, -0.15) is 0 Å². The van der Waals surface area contributed by atoms with Crippen LogP contribution in [0.2, 0.25) is 0 Å². The highest BCUT2D eigenvalue weighted by atomic mass is 33.1. The van der Waals surface area contributed by atoms with Gasteiger partial charge in [0.1, 0.15) is 23.4 Å². The van der Waals surface area contributed by atoms with E-state index >= 15 is 0 Å². The number of fused-ring (bicyclic) bond motifs is 4. The van der Waals surface area contributed by atoms with Gasteiger partial charge in [0.05, 0.1) is 21.3 Å². The first kappa shape index (κ1) is 30.0. The quantitative estimate of drug-likeness (QED) is 0.228. The fraction of sp³-hybridized carbons (Fsp3) is 0.455. The summed E-state index contributed by atoms with van der Waals surface area (Å²) in [7, 11) is 7.97. The van der Waals surface area contributed by atoms with E-state index in [1.54, 1.807) is 24.0 Å². The molecule has 3 aromatic carbocycles. The lowest BCUT2D eigenvalue weighted by Gasteiger charge is -2.41. The Labute approximate surface area is 259 Å². The molecule has 10 heteroatoms. The molecule has 0 unspecified atom stereocenters. The minimum absolute atomic E-state index is 0.103. The average molecular weight is 627 g/mol. The van der Waals surface area contributed by atoms with E-state index < -0.39 is 12.2 Å². The number of aromatic hydroxyl groups is 3. The van der Waals surface area contributed by atoms with Crippen LogP contribution in [0.25, 0.3) is 11.1 Å². The summed E-state index contributed by atoms with van der Waals surface area (Å²) in [5.74, 6) is 2.90. The molecule has 0 spiro atoms. The third kappa shape index (κ3) is 5.21. The zero-order valence-electron chi connectivity index (χ0n) is 24.8. The molecule has 0 saturated heterocycles. The highest BCUT2D eigenvalue weighted by molar-refractivity contribution is 8.76. The SMILES string of the molecule is COc1cc([C@@H]2Oc3cc(OC)c4c5c3[C@H](CSSCC[C@@H](C)CC[C@@H](C5)c3cc(O)ccc3-4)[C@H]2O)c(O)c(OC)c1O. The highest BCUT2D eigenvalue weighted by Crippen LogP contribution is 2.57. The van der Waals surface area contributed by atoms with Crippen molar-refractivity contribution < 1.29 is 39.4 Å². The number of aliphatic hydroxyl groups excluding tert-OH is 1. The van der Waals surface area contributed by atoms with Gasteiger partial charge < -0.3 is 39.4 Å². The second-order valence-electron chi connectivity index (χ2n) is 11.6. The molecule has 2 heterocycles. The van der Waals surface area contributed by atoms with E-state index in [2.05, 4.69) is 6.92 Å². The van der Waals surface area contributed by atoms with E-state index in [9.17, 15) is 20.4 Å². The Bertz CT molecular complexity index is 1530. The number of hydrogen-bond acceptors (Lipinski definition) is 10. The predicted molar refractivity (Wildman–Crippen MR) is 169 cm³/mol. The molecule has 3 aliphatic rings. The maximum absolute atomic E-state index is 12.1. The topological polar surface area (TPSA) is 118 Å². The average Bonchev–Trinajstić information content (AvgIpc) is 3.01. The first-order valence-corrected chi connectivity index (χ1v) is 17.1. The highest BCUT2D eigenvalue weighted by Gasteiger charge is 2.44. The molecule has 0 amide bonds. The Morgan fingerprint density at radius 1 is 0.860 bits per heavy atom. The van der Waals surface area contributed by atoms with Crippen LogP contribution in [-0.4, -0.2) is 59.4 Å². The molecular formula is C33H38O8S2. The Morgan fingerprint density at radius 2 is 1.65 bits per heavy atom. The molecule has 0 aromatic heterocycles. The van der Waals surface area contributed by atoms with Gasteiger partial charge in [0.15, 0.2) is 17.6 Å². The summed E-state index contributed by atoms with van der Waals surface area (Å²) in [5.41, 5.74) is 5.45. The van der Waals surface area contributed by atoms with Gasteiger partial charge in [0.2, 0.25) is 11.5 Å². The molecule has 43 heavy (non-hydrogen) atoms. The van der Waals surface area contributed by atoms with Crippen LogP contribution in [0.1, 0.15) is 66.4 Å². The lowest BCUT2D eigenvalue weighted by molar-refractivity contribution is 0.00299. The van der Waals surface area contributed by atoms with Gasteiger partial charge in [0.25, 0.3) is 0 Å². The van der Waals surface area contributed by atoms with Crippen molar-refractivity contribution in [2.75, 3.05) is 32.8 Å². The van der Waals surface area contributed by atoms with Crippen molar-refractivity contribution in [1.29, 1.82) is 0 Å². The van der Waals surface area contributed by atoms with E-state index in [0.717, 1.165) is 59.3 Å². The maximum atomic E-state index is 12.1. The Hall–Kier alpha value is -3.08. The van der Waals surface area contributed by atoms with Crippen molar-refractivity contribution in [2.45, 2.75) is 56.7 Å². The molecule has 0 saturated carbocycles. The van der Waals surface area contributed by atoms with E-state index in [4.69, 9.17) is 18.9 Å². The standard InChI is InChI=1S/C33H38O8S2/c1-16-5-6-17-11-21-27(19-8-7-18(34)12-20(17)19)24(38-2)14-25-28(21)23(15-43-42-10-9-16)30(36)32(41-25)22-13-26(39-3)31(37)33(40-4)29(22)35/h7-8,12-14,16-17,23,30,32,34-37H,5-6,9-11,15H2,1-4H3/t16-,17-,23-,30+,32-/m0/s1. The van der Waals surface area contributed by atoms with Gasteiger partial charge >= 0.3 is 0 Å². The zero-order chi connectivity index (χ0) is 30.4. The number of aliphatic hydroxyl groups is 1. The van der Waals surface area contributed by atoms with Crippen molar-refractivity contribution in [3.05, 3.63) is 52.6 Å². The summed E-state index contributed by atoms with van der Waals surface area (Å²) >= 11 is 0. The van der Waals surface area contributed by atoms with E-state index in [1.807, 2.05) is 29.0 Å². The lowest BCUT2D eigenvalue weighted by atomic mass is 9.71. The van der Waals surface area contributed by atoms with Crippen LogP contribution in [0.15, 0.2) is 30.3 Å². The Morgan fingerprint density at radius 3 is 2.40 bits per heavy atom. The van der Waals surface area contributed by atoms with Crippen LogP contribution >= 0.6 is 21.6 Å². The summed E-state index contributed by atoms with van der Waals surface area (Å²) in [6.45, 7) is 2.31. The second kappa shape index (κ2) is 12.1. The molecule has 2 aliphatic heterocycles. The second-order valence-corrected chi connectivity index (χ2v) is 14.3. The number of hydrogen-bond donors (Lipinski definition) is 4. The summed E-state index contributed by atoms with van der Waals surface area (Å²) < 4.78 is 23.2. The summed E-state index contributed by atoms with van der Waals surface area (Å²) in [6.07, 6.45) is 1.92. The number of phenols is 3. The van der Waals surface area contributed by atoms with Crippen LogP contribution < -0.4 is 18.9 Å². The van der Waals surface area contributed by atoms with Crippen molar-refractivity contribution in [3.63, 3.8) is 0 Å². The summed E-state index contributed by atoms with van der Waals surface area (Å²) in [6, 6.07) is 8.95. The fourth-order valence-corrected chi connectivity index (χ4v) is 9.47. The molecule has 3 aromatic rings. The largest absolute Gasteiger partial charge is 0.508 e. The molecule has 230 valence electrons. The zero-order valence-corrected chi connectivity index (χ0v) is 26.4. The molecule has 0 radical (unpaired) electrons. The summed E-state index contributed by atoms with van der Waals surface area (Å²) in [4.78, 5) is 0. The Kier molecular flexibility index (Phi) is 8.45. The molecular weight excluding hydrogens is 588 g/mol. The van der Waals surface area contributed by atoms with Crippen LogP contribution in [0.5, 0.6) is 40.2 Å². The minimum atomic E-state index is -1.02. The first-order chi connectivity index (χ1) is 20.8. The van der Waals surface area contributed by atoms with Gasteiger partial charge in [-0.15, -0.1) is 0 Å². The monoisotopic (exact) mass is 626 g/mol. The molecule has 6 rings (SSSR count). The normalized spacial score (nSPS) is 24.8. The van der Waals surface area contributed by atoms with Crippen LogP contribution in [0.4, 0.5) is 0 Å². The molecule has 1 aliphatic carbocycles. The predicted octanol–water partition coefficient (Wildman–Crippen LogP) is 6.92. The molecule has 2 bridgehead atoms. The van der Waals surface area contributed by atoms with Crippen molar-refractivity contribution in [3.8, 4) is 51.4 Å². The van der Waals surface area contributed by atoms with Crippen LogP contribution in [0, 0.1) is 5.92 Å². The molecule has 8 nitrogen and oxygen atoms in total. The lowest BCUT2D eigenvalue weighted by Crippen LogP contribution is -2.37. The van der Waals surface area contributed by atoms with Crippen molar-refractivity contribution >= 4 is 21.6 Å². The van der Waals surface area contributed by atoms with Gasteiger partial charge in [-0.1, -0.05) is 41.0 Å². The van der Waals surface area contributed by atoms with Gasteiger partial charge in [-0.3, -0.25) is 0 Å². The van der Waals surface area contributed by atoms with E-state index in [1.165, 1.54) is 20.3 Å². The van der Waals surface area contributed by atoms with Gasteiger partial charge in [-0.05, 0) is 66.0 Å². The molecule has 0 fully saturated rings. The first-order valence-electron chi connectivity index (χ1n) is 14.6. The van der Waals surface area contributed by atoms with Gasteiger partial charge in [-0.25, -0.2) is 0 Å². The van der Waals surface area contributed by atoms with E-state index in [0.29, 0.717) is 23.2 Å². The van der Waals surface area contributed by atoms with Crippen LogP contribution in [0.3, 0.4) is 0 Å². The molecule has 4 N–H and O–H groups in total. The van der Waals surface area contributed by atoms with Crippen molar-refractivity contribution in [1.82, 2.24) is 0 Å². The minimum Gasteiger partial charge on any atom is -0.508 e. The third-order valence-electron chi connectivity index (χ3n) is 9.15. The van der Waals surface area contributed by atoms with E-state index in [-0.39, 0.29) is 46.1 Å². The van der Waals surface area contributed by atoms with Crippen LogP contribution in [-0.2, 0) is 6.42 Å². The number of benzene rings is 3. The number of rotatable bonds is 4. The molecule has 5 atom stereocenters. The number of methoxy groups -OCH3 is 3. The Balaban J connectivity index is 1.56. The third-order valence-corrected chi connectivity index (χ3v) is 11.6. The number of phenolic OH excluding ortho intramolecular Hbond substituents is 3. The fourth-order valence-electron chi connectivity index (χ4n) is 6.88. The number of ether oxygens (including phenoxy) is 4.